The average Bonchev–Trinajstić information content (AvgIpc) is 2.71. The number of aromatic nitrogens is 2. The Morgan fingerprint density at radius 2 is 1.81 bits per heavy atom. The Hall–Kier alpha value is -3.48. The smallest absolute Gasteiger partial charge is 0.256 e. The van der Waals surface area contributed by atoms with E-state index in [1.807, 2.05) is 0 Å². The molecule has 138 valence electrons. The molecule has 0 fully saturated rings. The van der Waals surface area contributed by atoms with Gasteiger partial charge in [0.1, 0.15) is 17.4 Å². The molecule has 0 aliphatic carbocycles. The summed E-state index contributed by atoms with van der Waals surface area (Å²) in [5.41, 5.74) is 1.10. The quantitative estimate of drug-likeness (QED) is 0.669. The van der Waals surface area contributed by atoms with Gasteiger partial charge >= 0.3 is 0 Å². The number of halogens is 1. The van der Waals surface area contributed by atoms with Crippen molar-refractivity contribution in [1.82, 2.24) is 10.2 Å². The van der Waals surface area contributed by atoms with E-state index in [-0.39, 0.29) is 11.7 Å². The lowest BCUT2D eigenvalue weighted by Crippen LogP contribution is -2.14. The van der Waals surface area contributed by atoms with Gasteiger partial charge in [-0.3, -0.25) is 4.79 Å². The molecule has 1 heterocycles. The third kappa shape index (κ3) is 5.01. The maximum Gasteiger partial charge on any atom is 0.256 e. The van der Waals surface area contributed by atoms with E-state index in [0.717, 1.165) is 0 Å². The number of ether oxygens (including phenoxy) is 1. The monoisotopic (exact) mass is 366 g/mol. The number of carbonyl (C=O) groups is 1. The zero-order chi connectivity index (χ0) is 19.1. The molecular formula is C20H19FN4O2. The summed E-state index contributed by atoms with van der Waals surface area (Å²) in [6, 6.07) is 16.8. The first-order chi connectivity index (χ1) is 13.2. The second kappa shape index (κ2) is 8.75. The van der Waals surface area contributed by atoms with Crippen LogP contribution >= 0.6 is 0 Å². The predicted molar refractivity (Wildman–Crippen MR) is 102 cm³/mol. The van der Waals surface area contributed by atoms with Gasteiger partial charge in [0.25, 0.3) is 5.91 Å². The molecule has 6 nitrogen and oxygen atoms in total. The molecule has 0 saturated carbocycles. The topological polar surface area (TPSA) is 76.1 Å². The van der Waals surface area contributed by atoms with Crippen LogP contribution in [-0.2, 0) is 6.42 Å². The van der Waals surface area contributed by atoms with E-state index in [2.05, 4.69) is 20.8 Å². The lowest BCUT2D eigenvalue weighted by Gasteiger charge is -2.08. The minimum atomic E-state index is -0.302. The van der Waals surface area contributed by atoms with Crippen LogP contribution < -0.4 is 15.4 Å². The number of nitrogens with one attached hydrogen (secondary N) is 2. The zero-order valence-corrected chi connectivity index (χ0v) is 14.8. The van der Waals surface area contributed by atoms with Gasteiger partial charge in [-0.1, -0.05) is 24.3 Å². The third-order valence-corrected chi connectivity index (χ3v) is 3.90. The number of anilines is 2. The molecule has 0 atom stereocenters. The van der Waals surface area contributed by atoms with E-state index in [9.17, 15) is 9.18 Å². The minimum absolute atomic E-state index is 0.221. The molecular weight excluding hydrogens is 347 g/mol. The first-order valence-corrected chi connectivity index (χ1v) is 8.42. The van der Waals surface area contributed by atoms with Gasteiger partial charge in [0.2, 0.25) is 0 Å². The number of hydrogen-bond acceptors (Lipinski definition) is 5. The fraction of sp³-hybridized carbons (Fsp3) is 0.150. The van der Waals surface area contributed by atoms with Gasteiger partial charge in [0, 0.05) is 12.1 Å². The van der Waals surface area contributed by atoms with Crippen LogP contribution in [-0.4, -0.2) is 29.8 Å². The Bertz CT molecular complexity index is 916. The third-order valence-electron chi connectivity index (χ3n) is 3.90. The van der Waals surface area contributed by atoms with Crippen molar-refractivity contribution in [2.75, 3.05) is 24.3 Å². The highest BCUT2D eigenvalue weighted by atomic mass is 19.1. The maximum atomic E-state index is 13.6. The van der Waals surface area contributed by atoms with E-state index in [1.165, 1.54) is 6.07 Å². The average molecular weight is 366 g/mol. The van der Waals surface area contributed by atoms with E-state index < -0.39 is 0 Å². The summed E-state index contributed by atoms with van der Waals surface area (Å²) < 4.78 is 18.7. The van der Waals surface area contributed by atoms with Crippen LogP contribution in [0.5, 0.6) is 5.75 Å². The first kappa shape index (κ1) is 18.3. The van der Waals surface area contributed by atoms with Crippen molar-refractivity contribution in [1.29, 1.82) is 0 Å². The minimum Gasteiger partial charge on any atom is -0.497 e. The number of benzene rings is 2. The second-order valence-electron chi connectivity index (χ2n) is 5.76. The van der Waals surface area contributed by atoms with E-state index in [1.54, 1.807) is 61.7 Å². The van der Waals surface area contributed by atoms with Crippen molar-refractivity contribution in [2.45, 2.75) is 6.42 Å². The Morgan fingerprint density at radius 1 is 1.04 bits per heavy atom. The maximum absolute atomic E-state index is 13.6. The molecule has 0 radical (unpaired) electrons. The predicted octanol–water partition coefficient (Wildman–Crippen LogP) is 3.53. The fourth-order valence-electron chi connectivity index (χ4n) is 2.47. The van der Waals surface area contributed by atoms with E-state index >= 15 is 0 Å². The molecule has 27 heavy (non-hydrogen) atoms. The van der Waals surface area contributed by atoms with Gasteiger partial charge < -0.3 is 15.4 Å². The molecule has 3 aromatic rings. The Balaban J connectivity index is 1.54. The first-order valence-electron chi connectivity index (χ1n) is 8.42. The molecule has 0 aliphatic heterocycles. The molecule has 2 aromatic carbocycles. The number of hydrogen-bond donors (Lipinski definition) is 2. The summed E-state index contributed by atoms with van der Waals surface area (Å²) >= 11 is 0. The largest absolute Gasteiger partial charge is 0.497 e. The van der Waals surface area contributed by atoms with Crippen molar-refractivity contribution in [2.24, 2.45) is 0 Å². The number of nitrogens with zero attached hydrogens (tertiary/aromatic N) is 2. The summed E-state index contributed by atoms with van der Waals surface area (Å²) in [5.74, 6) is 0.959. The molecule has 3 rings (SSSR count). The highest BCUT2D eigenvalue weighted by Gasteiger charge is 2.08. The Labute approximate surface area is 156 Å². The van der Waals surface area contributed by atoms with Gasteiger partial charge in [0.05, 0.1) is 7.11 Å². The molecule has 0 unspecified atom stereocenters. The fourth-order valence-corrected chi connectivity index (χ4v) is 2.47. The van der Waals surface area contributed by atoms with Crippen molar-refractivity contribution < 1.29 is 13.9 Å². The van der Waals surface area contributed by atoms with Crippen LogP contribution in [0.25, 0.3) is 0 Å². The van der Waals surface area contributed by atoms with E-state index in [4.69, 9.17) is 4.74 Å². The van der Waals surface area contributed by atoms with Gasteiger partial charge in [-0.2, -0.15) is 0 Å². The number of carbonyl (C=O) groups excluding carboxylic acids is 1. The molecule has 1 amide bonds. The summed E-state index contributed by atoms with van der Waals surface area (Å²) in [5, 5.41) is 13.8. The SMILES string of the molecule is COc1cccc(C(=O)Nc2ccc(NCCc3ccccc3F)nn2)c1. The zero-order valence-electron chi connectivity index (χ0n) is 14.8. The van der Waals surface area contributed by atoms with Crippen molar-refractivity contribution >= 4 is 17.5 Å². The highest BCUT2D eigenvalue weighted by Crippen LogP contribution is 2.14. The van der Waals surface area contributed by atoms with Crippen LogP contribution in [0.2, 0.25) is 0 Å². The summed E-state index contributed by atoms with van der Waals surface area (Å²) in [6.45, 7) is 0.519. The Morgan fingerprint density at radius 3 is 2.56 bits per heavy atom. The molecule has 0 saturated heterocycles. The van der Waals surface area contributed by atoms with Crippen LogP contribution in [0.4, 0.5) is 16.0 Å². The number of methoxy groups -OCH3 is 1. The molecule has 0 aliphatic rings. The lowest BCUT2D eigenvalue weighted by molar-refractivity contribution is 0.102. The number of amides is 1. The van der Waals surface area contributed by atoms with E-state index in [0.29, 0.717) is 41.5 Å². The molecule has 0 bridgehead atoms. The van der Waals surface area contributed by atoms with Gasteiger partial charge in [0.15, 0.2) is 5.82 Å². The van der Waals surface area contributed by atoms with Crippen LogP contribution in [0, 0.1) is 5.82 Å². The molecule has 7 heteroatoms. The van der Waals surface area contributed by atoms with Crippen LogP contribution in [0.3, 0.4) is 0 Å². The second-order valence-corrected chi connectivity index (χ2v) is 5.76. The van der Waals surface area contributed by atoms with Crippen molar-refractivity contribution in [3.05, 3.63) is 77.6 Å². The van der Waals surface area contributed by atoms with Crippen molar-refractivity contribution in [3.8, 4) is 5.75 Å². The van der Waals surface area contributed by atoms with Gasteiger partial charge in [-0.15, -0.1) is 10.2 Å². The molecule has 1 aromatic heterocycles. The Kier molecular flexibility index (Phi) is 5.94. The summed E-state index contributed by atoms with van der Waals surface area (Å²) in [7, 11) is 1.54. The van der Waals surface area contributed by atoms with Crippen molar-refractivity contribution in [3.63, 3.8) is 0 Å². The standard InChI is InChI=1S/C20H19FN4O2/c1-27-16-7-4-6-15(13-16)20(26)23-19-10-9-18(24-25-19)22-12-11-14-5-2-3-8-17(14)21/h2-10,13H,11-12H2,1H3,(H,22,24)(H,23,25,26). The van der Waals surface area contributed by atoms with Crippen LogP contribution in [0.15, 0.2) is 60.7 Å². The van der Waals surface area contributed by atoms with Gasteiger partial charge in [-0.05, 0) is 48.4 Å². The highest BCUT2D eigenvalue weighted by molar-refractivity contribution is 6.03. The molecule has 2 N–H and O–H groups in total. The normalized spacial score (nSPS) is 10.3. The lowest BCUT2D eigenvalue weighted by atomic mass is 10.1. The summed E-state index contributed by atoms with van der Waals surface area (Å²) in [4.78, 5) is 12.2. The van der Waals surface area contributed by atoms with Crippen LogP contribution in [0.1, 0.15) is 15.9 Å². The van der Waals surface area contributed by atoms with Gasteiger partial charge in [-0.25, -0.2) is 4.39 Å². The molecule has 0 spiro atoms. The number of rotatable bonds is 7. The summed E-state index contributed by atoms with van der Waals surface area (Å²) in [6.07, 6.45) is 0.530.